The zero-order chi connectivity index (χ0) is 14.1. The van der Waals surface area contributed by atoms with Crippen molar-refractivity contribution in [3.8, 4) is 0 Å². The molecule has 0 saturated heterocycles. The lowest BCUT2D eigenvalue weighted by Crippen LogP contribution is -2.45. The van der Waals surface area contributed by atoms with E-state index < -0.39 is 5.41 Å². The van der Waals surface area contributed by atoms with E-state index in [1.54, 1.807) is 7.11 Å². The summed E-state index contributed by atoms with van der Waals surface area (Å²) >= 11 is 0. The van der Waals surface area contributed by atoms with E-state index in [0.717, 1.165) is 25.7 Å². The van der Waals surface area contributed by atoms with Gasteiger partial charge in [-0.2, -0.15) is 0 Å². The monoisotopic (exact) mass is 271 g/mol. The van der Waals surface area contributed by atoms with Gasteiger partial charge < -0.3 is 21.1 Å². The average molecular weight is 271 g/mol. The van der Waals surface area contributed by atoms with E-state index in [1.165, 1.54) is 0 Å². The molecule has 0 bridgehead atoms. The Labute approximate surface area is 114 Å². The van der Waals surface area contributed by atoms with Gasteiger partial charge in [0.05, 0.1) is 12.0 Å². The molecular formula is C13H25N3O3. The average Bonchev–Trinajstić information content (AvgIpc) is 2.89. The summed E-state index contributed by atoms with van der Waals surface area (Å²) in [5.41, 5.74) is 5.33. The molecule has 6 heteroatoms. The second-order valence-corrected chi connectivity index (χ2v) is 5.04. The predicted molar refractivity (Wildman–Crippen MR) is 72.5 cm³/mol. The summed E-state index contributed by atoms with van der Waals surface area (Å²) in [6.45, 7) is 1.74. The van der Waals surface area contributed by atoms with Crippen molar-refractivity contribution in [2.75, 3.05) is 33.4 Å². The first-order chi connectivity index (χ1) is 9.14. The van der Waals surface area contributed by atoms with E-state index in [9.17, 15) is 9.59 Å². The number of methoxy groups -OCH3 is 1. The second kappa shape index (κ2) is 8.12. The van der Waals surface area contributed by atoms with Crippen LogP contribution >= 0.6 is 0 Å². The quantitative estimate of drug-likeness (QED) is 0.532. The first-order valence-electron chi connectivity index (χ1n) is 6.88. The van der Waals surface area contributed by atoms with Crippen LogP contribution in [0, 0.1) is 5.41 Å². The van der Waals surface area contributed by atoms with Crippen molar-refractivity contribution in [1.82, 2.24) is 10.6 Å². The molecular weight excluding hydrogens is 246 g/mol. The molecule has 0 spiro atoms. The van der Waals surface area contributed by atoms with Crippen molar-refractivity contribution in [3.63, 3.8) is 0 Å². The summed E-state index contributed by atoms with van der Waals surface area (Å²) in [6, 6.07) is 0. The maximum Gasteiger partial charge on any atom is 0.227 e. The molecule has 19 heavy (non-hydrogen) atoms. The van der Waals surface area contributed by atoms with Crippen LogP contribution in [0.25, 0.3) is 0 Å². The highest BCUT2D eigenvalue weighted by atomic mass is 16.5. The number of amides is 2. The van der Waals surface area contributed by atoms with Gasteiger partial charge in [0, 0.05) is 33.2 Å². The van der Waals surface area contributed by atoms with E-state index >= 15 is 0 Å². The lowest BCUT2D eigenvalue weighted by atomic mass is 9.85. The molecule has 2 amide bonds. The molecule has 0 heterocycles. The first-order valence-corrected chi connectivity index (χ1v) is 6.88. The van der Waals surface area contributed by atoms with Crippen LogP contribution in [0.1, 0.15) is 32.1 Å². The number of nitrogens with two attached hydrogens (primary N) is 1. The molecule has 1 aliphatic rings. The molecule has 1 fully saturated rings. The van der Waals surface area contributed by atoms with Crippen LogP contribution in [-0.4, -0.2) is 45.2 Å². The highest BCUT2D eigenvalue weighted by Gasteiger charge is 2.39. The van der Waals surface area contributed by atoms with Gasteiger partial charge in [-0.3, -0.25) is 9.59 Å². The number of carbonyl (C=O) groups excluding carboxylic acids is 2. The lowest BCUT2D eigenvalue weighted by Gasteiger charge is -2.25. The molecule has 1 aliphatic carbocycles. The zero-order valence-electron chi connectivity index (χ0n) is 11.7. The molecule has 6 nitrogen and oxygen atoms in total. The Morgan fingerprint density at radius 2 is 1.89 bits per heavy atom. The number of carbonyl (C=O) groups is 2. The molecule has 110 valence electrons. The van der Waals surface area contributed by atoms with Crippen molar-refractivity contribution < 1.29 is 14.3 Å². The Morgan fingerprint density at radius 3 is 2.47 bits per heavy atom. The van der Waals surface area contributed by atoms with Crippen molar-refractivity contribution in [2.45, 2.75) is 32.1 Å². The summed E-state index contributed by atoms with van der Waals surface area (Å²) in [5, 5.41) is 5.54. The van der Waals surface area contributed by atoms with Gasteiger partial charge >= 0.3 is 0 Å². The third-order valence-electron chi connectivity index (χ3n) is 3.70. The summed E-state index contributed by atoms with van der Waals surface area (Å²) in [4.78, 5) is 23.5. The Kier molecular flexibility index (Phi) is 6.80. The van der Waals surface area contributed by atoms with Gasteiger partial charge in [-0.15, -0.1) is 0 Å². The highest BCUT2D eigenvalue weighted by Crippen LogP contribution is 2.37. The van der Waals surface area contributed by atoms with Crippen LogP contribution in [-0.2, 0) is 14.3 Å². The SMILES string of the molecule is COCCNC(=O)CCNC(=O)C1(CN)CCCC1. The number of hydrogen-bond acceptors (Lipinski definition) is 4. The van der Waals surface area contributed by atoms with Crippen LogP contribution in [0.15, 0.2) is 0 Å². The maximum atomic E-state index is 12.1. The second-order valence-electron chi connectivity index (χ2n) is 5.04. The number of rotatable bonds is 8. The molecule has 0 aliphatic heterocycles. The molecule has 1 rings (SSSR count). The topological polar surface area (TPSA) is 93.5 Å². The lowest BCUT2D eigenvalue weighted by molar-refractivity contribution is -0.130. The standard InChI is InChI=1S/C13H25N3O3/c1-19-9-8-15-11(17)4-7-16-12(18)13(10-14)5-2-3-6-13/h2-10,14H2,1H3,(H,15,17)(H,16,18). The number of ether oxygens (including phenoxy) is 1. The van der Waals surface area contributed by atoms with Crippen LogP contribution in [0.3, 0.4) is 0 Å². The van der Waals surface area contributed by atoms with Gasteiger partial charge in [0.2, 0.25) is 11.8 Å². The summed E-state index contributed by atoms with van der Waals surface area (Å²) in [5.74, 6) is -0.0808. The Bertz CT molecular complexity index is 302. The van der Waals surface area contributed by atoms with Gasteiger partial charge in [-0.1, -0.05) is 12.8 Å². The van der Waals surface area contributed by atoms with E-state index in [0.29, 0.717) is 26.2 Å². The minimum Gasteiger partial charge on any atom is -0.383 e. The molecule has 1 saturated carbocycles. The predicted octanol–water partition coefficient (Wildman–Crippen LogP) is -0.226. The van der Waals surface area contributed by atoms with Crippen LogP contribution < -0.4 is 16.4 Å². The molecule has 0 aromatic carbocycles. The summed E-state index contributed by atoms with van der Waals surface area (Å²) in [6.07, 6.45) is 4.12. The molecule has 0 atom stereocenters. The van der Waals surface area contributed by atoms with Gasteiger partial charge in [-0.05, 0) is 12.8 Å². The molecule has 0 aromatic heterocycles. The number of nitrogens with one attached hydrogen (secondary N) is 2. The van der Waals surface area contributed by atoms with Gasteiger partial charge in [0.15, 0.2) is 0 Å². The first kappa shape index (κ1) is 15.9. The zero-order valence-corrected chi connectivity index (χ0v) is 11.7. The van der Waals surface area contributed by atoms with Crippen molar-refractivity contribution >= 4 is 11.8 Å². The highest BCUT2D eigenvalue weighted by molar-refractivity contribution is 5.84. The van der Waals surface area contributed by atoms with Crippen LogP contribution in [0.4, 0.5) is 0 Å². The van der Waals surface area contributed by atoms with Crippen LogP contribution in [0.5, 0.6) is 0 Å². The van der Waals surface area contributed by atoms with Crippen LogP contribution in [0.2, 0.25) is 0 Å². The van der Waals surface area contributed by atoms with Gasteiger partial charge in [0.25, 0.3) is 0 Å². The molecule has 0 unspecified atom stereocenters. The van der Waals surface area contributed by atoms with Gasteiger partial charge in [-0.25, -0.2) is 0 Å². The maximum absolute atomic E-state index is 12.1. The van der Waals surface area contributed by atoms with E-state index in [-0.39, 0.29) is 18.2 Å². The Balaban J connectivity index is 2.21. The van der Waals surface area contributed by atoms with E-state index in [2.05, 4.69) is 10.6 Å². The molecule has 0 radical (unpaired) electrons. The minimum atomic E-state index is -0.396. The fourth-order valence-electron chi connectivity index (χ4n) is 2.43. The normalized spacial score (nSPS) is 17.2. The smallest absolute Gasteiger partial charge is 0.227 e. The fourth-order valence-corrected chi connectivity index (χ4v) is 2.43. The van der Waals surface area contributed by atoms with Crippen molar-refractivity contribution in [2.24, 2.45) is 11.1 Å². The third-order valence-corrected chi connectivity index (χ3v) is 3.70. The Morgan fingerprint density at radius 1 is 1.21 bits per heavy atom. The van der Waals surface area contributed by atoms with Crippen molar-refractivity contribution in [3.05, 3.63) is 0 Å². The summed E-state index contributed by atoms with van der Waals surface area (Å²) in [7, 11) is 1.58. The minimum absolute atomic E-state index is 0.00260. The summed E-state index contributed by atoms with van der Waals surface area (Å²) < 4.78 is 4.83. The van der Waals surface area contributed by atoms with Gasteiger partial charge in [0.1, 0.15) is 0 Å². The fraction of sp³-hybridized carbons (Fsp3) is 0.846. The third kappa shape index (κ3) is 4.80. The van der Waals surface area contributed by atoms with E-state index in [1.807, 2.05) is 0 Å². The number of hydrogen-bond donors (Lipinski definition) is 3. The van der Waals surface area contributed by atoms with Crippen molar-refractivity contribution in [1.29, 1.82) is 0 Å². The van der Waals surface area contributed by atoms with E-state index in [4.69, 9.17) is 10.5 Å². The largest absolute Gasteiger partial charge is 0.383 e. The Hall–Kier alpha value is -1.14. The molecule has 0 aromatic rings. The molecule has 4 N–H and O–H groups in total.